The van der Waals surface area contributed by atoms with Crippen molar-refractivity contribution in [2.45, 2.75) is 129 Å². The molecule has 1 atom stereocenters. The molecule has 31 heavy (non-hydrogen) atoms. The molecule has 0 aliphatic rings. The number of hydrogen-bond acceptors (Lipinski definition) is 4. The minimum absolute atomic E-state index is 0.251. The molecule has 0 aliphatic carbocycles. The Morgan fingerprint density at radius 1 is 0.774 bits per heavy atom. The number of thioether (sulfide) groups is 1. The van der Waals surface area contributed by atoms with E-state index in [0.29, 0.717) is 12.2 Å². The molecule has 0 bridgehead atoms. The lowest BCUT2D eigenvalue weighted by Crippen LogP contribution is -2.48. The largest absolute Gasteiger partial charge is 0.480 e. The monoisotopic (exact) mass is 457 g/mol. The lowest BCUT2D eigenvalue weighted by molar-refractivity contribution is -0.157. The molecule has 0 aromatic carbocycles. The predicted octanol–water partition coefficient (Wildman–Crippen LogP) is 6.83. The molecule has 0 unspecified atom stereocenters. The van der Waals surface area contributed by atoms with Gasteiger partial charge in [-0.15, -0.1) is 0 Å². The highest BCUT2D eigenvalue weighted by Crippen LogP contribution is 2.16. The first-order chi connectivity index (χ1) is 15.0. The van der Waals surface area contributed by atoms with Crippen LogP contribution in [0.3, 0.4) is 0 Å². The quantitative estimate of drug-likeness (QED) is 0.191. The lowest BCUT2D eigenvalue weighted by Gasteiger charge is -2.26. The van der Waals surface area contributed by atoms with Crippen LogP contribution in [-0.4, -0.2) is 45.8 Å². The van der Waals surface area contributed by atoms with E-state index >= 15 is 0 Å². The third kappa shape index (κ3) is 16.3. The predicted molar refractivity (Wildman–Crippen MR) is 131 cm³/mol. The van der Waals surface area contributed by atoms with Crippen molar-refractivity contribution < 1.29 is 19.5 Å². The van der Waals surface area contributed by atoms with Crippen LogP contribution in [0, 0.1) is 0 Å². The molecule has 0 aromatic rings. The molecule has 6 heteroatoms. The number of carboxylic acids is 1. The van der Waals surface area contributed by atoms with Gasteiger partial charge in [0.25, 0.3) is 0 Å². The molecule has 0 heterocycles. The zero-order valence-corrected chi connectivity index (χ0v) is 21.1. The number of carboxylic acid groups (broad SMARTS) is 1. The third-order valence-corrected chi connectivity index (χ3v) is 6.44. The summed E-state index contributed by atoms with van der Waals surface area (Å²) >= 11 is 1.52. The molecule has 0 aromatic heterocycles. The number of carbonyl (C=O) groups excluding carboxylic acids is 2. The van der Waals surface area contributed by atoms with Gasteiger partial charge in [-0.25, -0.2) is 4.79 Å². The maximum absolute atomic E-state index is 12.5. The van der Waals surface area contributed by atoms with Crippen LogP contribution in [0.25, 0.3) is 0 Å². The van der Waals surface area contributed by atoms with Gasteiger partial charge in [-0.05, 0) is 24.9 Å². The summed E-state index contributed by atoms with van der Waals surface area (Å²) in [5, 5.41) is 9.42. The number of aliphatic carboxylic acids is 1. The van der Waals surface area contributed by atoms with Gasteiger partial charge in [0, 0.05) is 13.3 Å². The zero-order chi connectivity index (χ0) is 23.3. The van der Waals surface area contributed by atoms with E-state index in [1.165, 1.54) is 95.7 Å². The van der Waals surface area contributed by atoms with Crippen LogP contribution in [0.4, 0.5) is 0 Å². The molecule has 0 saturated heterocycles. The van der Waals surface area contributed by atoms with Crippen LogP contribution in [0.2, 0.25) is 0 Å². The molecule has 0 saturated carbocycles. The normalized spacial score (nSPS) is 12.0. The van der Waals surface area contributed by atoms with Gasteiger partial charge in [0.1, 0.15) is 6.04 Å². The van der Waals surface area contributed by atoms with Gasteiger partial charge >= 0.3 is 5.97 Å². The molecule has 182 valence electrons. The molecule has 0 aliphatic heterocycles. The Morgan fingerprint density at radius 3 is 1.55 bits per heavy atom. The maximum atomic E-state index is 12.5. The summed E-state index contributed by atoms with van der Waals surface area (Å²) in [5.41, 5.74) is 0. The Morgan fingerprint density at radius 2 is 1.19 bits per heavy atom. The van der Waals surface area contributed by atoms with Gasteiger partial charge < -0.3 is 5.11 Å². The highest BCUT2D eigenvalue weighted by atomic mass is 32.2. The Balaban J connectivity index is 3.81. The fourth-order valence-electron chi connectivity index (χ4n) is 3.93. The van der Waals surface area contributed by atoms with Gasteiger partial charge in [-0.2, -0.15) is 11.8 Å². The van der Waals surface area contributed by atoms with E-state index in [2.05, 4.69) is 6.92 Å². The molecule has 2 amide bonds. The maximum Gasteiger partial charge on any atom is 0.326 e. The molecule has 0 spiro atoms. The van der Waals surface area contributed by atoms with E-state index in [9.17, 15) is 19.5 Å². The number of nitrogens with zero attached hydrogens (tertiary/aromatic N) is 1. The second kappa shape index (κ2) is 20.8. The standard InChI is InChI=1S/C25H47NO4S/c1-4-5-6-7-8-9-10-11-12-13-14-15-16-17-18-19-24(28)26(22(2)27)23(25(29)30)20-21-31-3/h23H,4-21H2,1-3H3,(H,29,30)/t23-/m0/s1. The van der Waals surface area contributed by atoms with Gasteiger partial charge in [0.2, 0.25) is 11.8 Å². The lowest BCUT2D eigenvalue weighted by atomic mass is 10.0. The van der Waals surface area contributed by atoms with Gasteiger partial charge in [-0.3, -0.25) is 14.5 Å². The second-order valence-corrected chi connectivity index (χ2v) is 9.60. The van der Waals surface area contributed by atoms with Crippen molar-refractivity contribution in [3.05, 3.63) is 0 Å². The van der Waals surface area contributed by atoms with E-state index < -0.39 is 17.9 Å². The Labute approximate surface area is 195 Å². The zero-order valence-electron chi connectivity index (χ0n) is 20.3. The second-order valence-electron chi connectivity index (χ2n) is 8.62. The summed E-state index contributed by atoms with van der Waals surface area (Å²) in [6, 6.07) is -1.05. The van der Waals surface area contributed by atoms with Crippen LogP contribution in [0.5, 0.6) is 0 Å². The minimum Gasteiger partial charge on any atom is -0.480 e. The molecule has 5 nitrogen and oxygen atoms in total. The van der Waals surface area contributed by atoms with E-state index in [1.54, 1.807) is 0 Å². The van der Waals surface area contributed by atoms with Crippen LogP contribution in [-0.2, 0) is 14.4 Å². The Kier molecular flexibility index (Phi) is 20.1. The number of hydrogen-bond donors (Lipinski definition) is 1. The Bertz CT molecular complexity index is 484. The Hall–Kier alpha value is -1.04. The first-order valence-electron chi connectivity index (χ1n) is 12.5. The smallest absolute Gasteiger partial charge is 0.326 e. The van der Waals surface area contributed by atoms with Gasteiger partial charge in [0.05, 0.1) is 0 Å². The molecule has 0 fully saturated rings. The summed E-state index contributed by atoms with van der Waals surface area (Å²) < 4.78 is 0. The average Bonchev–Trinajstić information content (AvgIpc) is 2.73. The number of unbranched alkanes of at least 4 members (excludes halogenated alkanes) is 14. The van der Waals surface area contributed by atoms with E-state index in [-0.39, 0.29) is 12.3 Å². The van der Waals surface area contributed by atoms with Crippen molar-refractivity contribution in [2.24, 2.45) is 0 Å². The van der Waals surface area contributed by atoms with Gasteiger partial charge in [0.15, 0.2) is 0 Å². The van der Waals surface area contributed by atoms with E-state index in [1.807, 2.05) is 6.26 Å². The molecule has 0 rings (SSSR count). The third-order valence-electron chi connectivity index (χ3n) is 5.79. The summed E-state index contributed by atoms with van der Waals surface area (Å²) in [7, 11) is 0. The van der Waals surface area contributed by atoms with Crippen molar-refractivity contribution in [1.82, 2.24) is 4.90 Å². The summed E-state index contributed by atoms with van der Waals surface area (Å²) in [6.07, 6.45) is 21.2. The molecular weight excluding hydrogens is 410 g/mol. The van der Waals surface area contributed by atoms with Gasteiger partial charge in [-0.1, -0.05) is 96.8 Å². The van der Waals surface area contributed by atoms with Crippen molar-refractivity contribution in [3.8, 4) is 0 Å². The minimum atomic E-state index is -1.10. The molecular formula is C25H47NO4S. The summed E-state index contributed by atoms with van der Waals surface area (Å²) in [5.74, 6) is -1.32. The number of amides is 2. The van der Waals surface area contributed by atoms with Crippen LogP contribution < -0.4 is 0 Å². The number of imide groups is 1. The SMILES string of the molecule is CCCCCCCCCCCCCCCCCC(=O)N(C(C)=O)[C@@H](CCSC)C(=O)O. The van der Waals surface area contributed by atoms with Crippen molar-refractivity contribution in [3.63, 3.8) is 0 Å². The van der Waals surface area contributed by atoms with Crippen molar-refractivity contribution in [2.75, 3.05) is 12.0 Å². The number of rotatable bonds is 21. The first-order valence-corrected chi connectivity index (χ1v) is 13.9. The fraction of sp³-hybridized carbons (Fsp3) is 0.880. The van der Waals surface area contributed by atoms with Crippen LogP contribution in [0.1, 0.15) is 123 Å². The van der Waals surface area contributed by atoms with Crippen LogP contribution in [0.15, 0.2) is 0 Å². The van der Waals surface area contributed by atoms with E-state index in [0.717, 1.165) is 24.2 Å². The summed E-state index contributed by atoms with van der Waals surface area (Å²) in [6.45, 7) is 3.53. The first kappa shape index (κ1) is 30.0. The van der Waals surface area contributed by atoms with Crippen LogP contribution >= 0.6 is 11.8 Å². The highest BCUT2D eigenvalue weighted by Gasteiger charge is 2.31. The van der Waals surface area contributed by atoms with E-state index in [4.69, 9.17) is 0 Å². The molecule has 1 N–H and O–H groups in total. The molecule has 0 radical (unpaired) electrons. The number of carbonyl (C=O) groups is 3. The topological polar surface area (TPSA) is 74.7 Å². The highest BCUT2D eigenvalue weighted by molar-refractivity contribution is 7.98. The van der Waals surface area contributed by atoms with Crippen molar-refractivity contribution in [1.29, 1.82) is 0 Å². The average molecular weight is 458 g/mol. The summed E-state index contributed by atoms with van der Waals surface area (Å²) in [4.78, 5) is 36.8. The van der Waals surface area contributed by atoms with Crippen molar-refractivity contribution >= 4 is 29.5 Å². The fourth-order valence-corrected chi connectivity index (χ4v) is 4.39.